The lowest BCUT2D eigenvalue weighted by molar-refractivity contribution is -0.134. The van der Waals surface area contributed by atoms with Gasteiger partial charge in [0.1, 0.15) is 0 Å². The number of carbonyl (C=O) groups is 1. The Bertz CT molecular complexity index is 429. The molecule has 0 unspecified atom stereocenters. The minimum Gasteiger partial charge on any atom is -0.339 e. The highest BCUT2D eigenvalue weighted by Gasteiger charge is 2.27. The van der Waals surface area contributed by atoms with Crippen molar-refractivity contribution in [1.29, 1.82) is 0 Å². The van der Waals surface area contributed by atoms with Gasteiger partial charge in [0.2, 0.25) is 5.91 Å². The number of carbonyl (C=O) groups excluding carboxylic acids is 1. The van der Waals surface area contributed by atoms with E-state index in [1.54, 1.807) is 0 Å². The van der Waals surface area contributed by atoms with Crippen LogP contribution in [0.25, 0.3) is 0 Å². The predicted octanol–water partition coefficient (Wildman–Crippen LogP) is 3.55. The smallest absolute Gasteiger partial charge is 0.223 e. The highest BCUT2D eigenvalue weighted by atomic mass is 35.5. The Hall–Kier alpha value is -1.02. The van der Waals surface area contributed by atoms with Gasteiger partial charge in [-0.25, -0.2) is 0 Å². The van der Waals surface area contributed by atoms with Crippen molar-refractivity contribution in [3.05, 3.63) is 35.4 Å². The quantitative estimate of drug-likeness (QED) is 0.729. The molecule has 0 spiro atoms. The molecular weight excluding hydrogens is 258 g/mol. The molecule has 1 amide bonds. The second kappa shape index (κ2) is 6.95. The molecule has 1 aliphatic carbocycles. The number of hydrogen-bond donors (Lipinski definition) is 0. The average Bonchev–Trinajstić information content (AvgIpc) is 2.33. The zero-order valence-electron chi connectivity index (χ0n) is 11.6. The fourth-order valence-corrected chi connectivity index (χ4v) is 2.74. The Morgan fingerprint density at radius 2 is 2.21 bits per heavy atom. The van der Waals surface area contributed by atoms with Crippen LogP contribution in [-0.4, -0.2) is 29.3 Å². The number of benzene rings is 1. The molecule has 0 aliphatic heterocycles. The number of rotatable bonds is 6. The summed E-state index contributed by atoms with van der Waals surface area (Å²) in [4.78, 5) is 14.3. The van der Waals surface area contributed by atoms with E-state index < -0.39 is 0 Å². The molecule has 0 bridgehead atoms. The second-order valence-corrected chi connectivity index (χ2v) is 5.73. The van der Waals surface area contributed by atoms with Crippen LogP contribution in [0.4, 0.5) is 0 Å². The van der Waals surface area contributed by atoms with Gasteiger partial charge in [0, 0.05) is 24.9 Å². The molecule has 104 valence electrons. The van der Waals surface area contributed by atoms with Crippen molar-refractivity contribution in [2.24, 2.45) is 0 Å². The molecule has 0 atom stereocenters. The summed E-state index contributed by atoms with van der Waals surface area (Å²) in [5.74, 6) is 0.791. The minimum absolute atomic E-state index is 0.256. The van der Waals surface area contributed by atoms with Crippen LogP contribution in [0.2, 0.25) is 0 Å². The zero-order valence-corrected chi connectivity index (χ0v) is 12.3. The third-order valence-electron chi connectivity index (χ3n) is 3.87. The number of aryl methyl sites for hydroxylation is 2. The van der Waals surface area contributed by atoms with Gasteiger partial charge in [-0.15, -0.1) is 11.6 Å². The van der Waals surface area contributed by atoms with Crippen LogP contribution in [0.5, 0.6) is 0 Å². The third kappa shape index (κ3) is 3.97. The van der Waals surface area contributed by atoms with Crippen LogP contribution in [0, 0.1) is 6.92 Å². The lowest BCUT2D eigenvalue weighted by Gasteiger charge is -2.37. The number of alkyl halides is 1. The van der Waals surface area contributed by atoms with E-state index in [0.29, 0.717) is 24.9 Å². The van der Waals surface area contributed by atoms with Crippen LogP contribution in [0.15, 0.2) is 24.3 Å². The van der Waals surface area contributed by atoms with Gasteiger partial charge in [-0.1, -0.05) is 29.8 Å². The summed E-state index contributed by atoms with van der Waals surface area (Å²) in [6.45, 7) is 2.78. The fraction of sp³-hybridized carbons (Fsp3) is 0.562. The third-order valence-corrected chi connectivity index (χ3v) is 4.04. The molecule has 2 rings (SSSR count). The molecule has 0 N–H and O–H groups in total. The first-order chi connectivity index (χ1) is 9.20. The van der Waals surface area contributed by atoms with Gasteiger partial charge in [0.15, 0.2) is 0 Å². The molecule has 1 saturated carbocycles. The molecule has 0 saturated heterocycles. The number of nitrogens with zero attached hydrogens (tertiary/aromatic N) is 1. The van der Waals surface area contributed by atoms with E-state index in [-0.39, 0.29) is 5.91 Å². The summed E-state index contributed by atoms with van der Waals surface area (Å²) in [5.41, 5.74) is 2.49. The molecule has 3 heteroatoms. The minimum atomic E-state index is 0.256. The molecule has 0 aromatic heterocycles. The molecule has 0 heterocycles. The Morgan fingerprint density at radius 1 is 1.42 bits per heavy atom. The van der Waals surface area contributed by atoms with E-state index in [1.807, 2.05) is 4.90 Å². The number of amides is 1. The van der Waals surface area contributed by atoms with Crippen molar-refractivity contribution in [1.82, 2.24) is 4.90 Å². The van der Waals surface area contributed by atoms with Crippen molar-refractivity contribution in [2.75, 3.05) is 12.4 Å². The highest BCUT2D eigenvalue weighted by molar-refractivity contribution is 6.18. The van der Waals surface area contributed by atoms with E-state index in [2.05, 4.69) is 31.2 Å². The maximum absolute atomic E-state index is 12.3. The molecular formula is C16H22ClNO. The van der Waals surface area contributed by atoms with Crippen LogP contribution in [0.1, 0.15) is 36.8 Å². The van der Waals surface area contributed by atoms with Gasteiger partial charge in [-0.05, 0) is 38.2 Å². The van der Waals surface area contributed by atoms with E-state index in [9.17, 15) is 4.79 Å². The van der Waals surface area contributed by atoms with Crippen LogP contribution in [-0.2, 0) is 11.2 Å². The molecule has 1 aromatic rings. The molecule has 19 heavy (non-hydrogen) atoms. The van der Waals surface area contributed by atoms with Crippen molar-refractivity contribution < 1.29 is 4.79 Å². The fourth-order valence-electron chi connectivity index (χ4n) is 2.56. The standard InChI is InChI=1S/C16H22ClNO/c1-13-4-2-5-14(12-13)8-9-16(19)18(11-10-17)15-6-3-7-15/h2,4-5,12,15H,3,6-11H2,1H3. The second-order valence-electron chi connectivity index (χ2n) is 5.35. The lowest BCUT2D eigenvalue weighted by atomic mass is 9.91. The zero-order chi connectivity index (χ0) is 13.7. The normalized spacial score (nSPS) is 15.1. The maximum Gasteiger partial charge on any atom is 0.223 e. The Labute approximate surface area is 120 Å². The summed E-state index contributed by atoms with van der Waals surface area (Å²) in [7, 11) is 0. The average molecular weight is 280 g/mol. The van der Waals surface area contributed by atoms with Gasteiger partial charge >= 0.3 is 0 Å². The molecule has 2 nitrogen and oxygen atoms in total. The van der Waals surface area contributed by atoms with Gasteiger partial charge in [-0.2, -0.15) is 0 Å². The van der Waals surface area contributed by atoms with Crippen LogP contribution < -0.4 is 0 Å². The van der Waals surface area contributed by atoms with E-state index in [1.165, 1.54) is 17.5 Å². The summed E-state index contributed by atoms with van der Waals surface area (Å²) < 4.78 is 0. The molecule has 1 fully saturated rings. The molecule has 0 radical (unpaired) electrons. The van der Waals surface area contributed by atoms with Gasteiger partial charge in [0.05, 0.1) is 0 Å². The van der Waals surface area contributed by atoms with E-state index in [4.69, 9.17) is 11.6 Å². The first-order valence-corrected chi connectivity index (χ1v) is 7.65. The maximum atomic E-state index is 12.3. The first-order valence-electron chi connectivity index (χ1n) is 7.11. The van der Waals surface area contributed by atoms with Crippen molar-refractivity contribution in [2.45, 2.75) is 45.1 Å². The Kier molecular flexibility index (Phi) is 5.26. The SMILES string of the molecule is Cc1cccc(CCC(=O)N(CCCl)C2CCC2)c1. The topological polar surface area (TPSA) is 20.3 Å². The van der Waals surface area contributed by atoms with Crippen LogP contribution >= 0.6 is 11.6 Å². The Balaban J connectivity index is 1.88. The summed E-state index contributed by atoms with van der Waals surface area (Å²) in [6, 6.07) is 8.83. The highest BCUT2D eigenvalue weighted by Crippen LogP contribution is 2.25. The first kappa shape index (κ1) is 14.4. The summed E-state index contributed by atoms with van der Waals surface area (Å²) in [6.07, 6.45) is 4.96. The van der Waals surface area contributed by atoms with Crippen LogP contribution in [0.3, 0.4) is 0 Å². The van der Waals surface area contributed by atoms with Gasteiger partial charge in [-0.3, -0.25) is 4.79 Å². The number of halogens is 1. The largest absolute Gasteiger partial charge is 0.339 e. The number of hydrogen-bond acceptors (Lipinski definition) is 1. The molecule has 1 aliphatic rings. The van der Waals surface area contributed by atoms with E-state index >= 15 is 0 Å². The van der Waals surface area contributed by atoms with Crippen molar-refractivity contribution in [3.63, 3.8) is 0 Å². The Morgan fingerprint density at radius 3 is 2.79 bits per heavy atom. The predicted molar refractivity (Wildman–Crippen MR) is 79.6 cm³/mol. The van der Waals surface area contributed by atoms with Gasteiger partial charge in [0.25, 0.3) is 0 Å². The molecule has 1 aromatic carbocycles. The summed E-state index contributed by atoms with van der Waals surface area (Å²) >= 11 is 5.81. The van der Waals surface area contributed by atoms with Crippen molar-refractivity contribution in [3.8, 4) is 0 Å². The monoisotopic (exact) mass is 279 g/mol. The summed E-state index contributed by atoms with van der Waals surface area (Å²) in [5, 5.41) is 0. The lowest BCUT2D eigenvalue weighted by Crippen LogP contribution is -2.45. The van der Waals surface area contributed by atoms with Gasteiger partial charge < -0.3 is 4.90 Å². The van der Waals surface area contributed by atoms with E-state index in [0.717, 1.165) is 19.3 Å². The van der Waals surface area contributed by atoms with Crippen molar-refractivity contribution >= 4 is 17.5 Å².